The summed E-state index contributed by atoms with van der Waals surface area (Å²) in [5.41, 5.74) is 3.53. The summed E-state index contributed by atoms with van der Waals surface area (Å²) in [6, 6.07) is 3.78. The highest BCUT2D eigenvalue weighted by Crippen LogP contribution is 2.25. The Morgan fingerprint density at radius 3 is 2.96 bits per heavy atom. The molecule has 4 heterocycles. The summed E-state index contributed by atoms with van der Waals surface area (Å²) in [4.78, 5) is 23.4. The van der Waals surface area contributed by atoms with Crippen molar-refractivity contribution in [2.45, 2.75) is 6.92 Å². The number of aromatic nitrogens is 4. The highest BCUT2D eigenvalue weighted by molar-refractivity contribution is 6.08. The number of piperazine rings is 1. The van der Waals surface area contributed by atoms with Gasteiger partial charge in [0.2, 0.25) is 0 Å². The number of carbonyl (C=O) groups excluding carboxylic acids is 1. The summed E-state index contributed by atoms with van der Waals surface area (Å²) in [5, 5.41) is 10.6. The van der Waals surface area contributed by atoms with Gasteiger partial charge in [-0.25, -0.2) is 9.50 Å². The number of carbonyl (C=O) groups is 1. The summed E-state index contributed by atoms with van der Waals surface area (Å²) in [7, 11) is 0. The lowest BCUT2D eigenvalue weighted by atomic mass is 10.2. The van der Waals surface area contributed by atoms with Crippen molar-refractivity contribution in [1.82, 2.24) is 24.9 Å². The van der Waals surface area contributed by atoms with Crippen LogP contribution in [0.5, 0.6) is 0 Å². The fourth-order valence-electron chi connectivity index (χ4n) is 3.07. The molecule has 0 aromatic carbocycles. The van der Waals surface area contributed by atoms with Crippen molar-refractivity contribution < 1.29 is 4.79 Å². The monoisotopic (exact) mass is 337 g/mol. The Labute approximate surface area is 144 Å². The standard InChI is InChI=1S/C17H19N7O/c1-12-10-15-16(20-6-9-24(15)22-12)17(25)21-13-11-19-3-2-14(13)23-7-4-18-5-8-23/h2-3,6,9-11,18H,4-5,7-8H2,1H3,(H,21,25). The molecule has 3 aromatic heterocycles. The lowest BCUT2D eigenvalue weighted by Crippen LogP contribution is -2.43. The van der Waals surface area contributed by atoms with Gasteiger partial charge in [-0.15, -0.1) is 0 Å². The van der Waals surface area contributed by atoms with Crippen LogP contribution in [0, 0.1) is 6.92 Å². The molecule has 8 nitrogen and oxygen atoms in total. The fourth-order valence-corrected chi connectivity index (χ4v) is 3.07. The smallest absolute Gasteiger partial charge is 0.276 e. The average Bonchev–Trinajstić information content (AvgIpc) is 3.03. The quantitative estimate of drug-likeness (QED) is 0.744. The first-order valence-electron chi connectivity index (χ1n) is 8.24. The molecule has 2 N–H and O–H groups in total. The Morgan fingerprint density at radius 1 is 1.28 bits per heavy atom. The Kier molecular flexibility index (Phi) is 4.02. The molecule has 25 heavy (non-hydrogen) atoms. The summed E-state index contributed by atoms with van der Waals surface area (Å²) in [6.07, 6.45) is 6.73. The zero-order valence-electron chi connectivity index (χ0n) is 13.9. The molecule has 0 spiro atoms. The van der Waals surface area contributed by atoms with Crippen LogP contribution in [0.15, 0.2) is 36.9 Å². The first-order valence-corrected chi connectivity index (χ1v) is 8.24. The van der Waals surface area contributed by atoms with Crippen molar-refractivity contribution >= 4 is 22.8 Å². The Morgan fingerprint density at radius 2 is 2.12 bits per heavy atom. The van der Waals surface area contributed by atoms with Gasteiger partial charge in [0.05, 0.1) is 28.8 Å². The Balaban J connectivity index is 1.64. The summed E-state index contributed by atoms with van der Waals surface area (Å²) >= 11 is 0. The van der Waals surface area contributed by atoms with Crippen LogP contribution in [0.2, 0.25) is 0 Å². The number of aryl methyl sites for hydroxylation is 1. The number of nitrogens with zero attached hydrogens (tertiary/aromatic N) is 5. The van der Waals surface area contributed by atoms with Crippen LogP contribution >= 0.6 is 0 Å². The van der Waals surface area contributed by atoms with Gasteiger partial charge in [0.25, 0.3) is 5.91 Å². The van der Waals surface area contributed by atoms with Crippen molar-refractivity contribution in [3.8, 4) is 0 Å². The molecule has 1 amide bonds. The van der Waals surface area contributed by atoms with Crippen molar-refractivity contribution in [2.75, 3.05) is 36.4 Å². The topological polar surface area (TPSA) is 87.5 Å². The molecule has 128 valence electrons. The van der Waals surface area contributed by atoms with Gasteiger partial charge in [0.15, 0.2) is 5.69 Å². The van der Waals surface area contributed by atoms with E-state index in [-0.39, 0.29) is 5.91 Å². The zero-order valence-corrected chi connectivity index (χ0v) is 13.9. The second-order valence-electron chi connectivity index (χ2n) is 5.98. The van der Waals surface area contributed by atoms with E-state index in [1.165, 1.54) is 0 Å². The SMILES string of the molecule is Cc1cc2c(C(=O)Nc3cnccc3N3CCNCC3)nccn2n1. The third kappa shape index (κ3) is 3.03. The Hall–Kier alpha value is -3.00. The molecule has 4 rings (SSSR count). The van der Waals surface area contributed by atoms with Crippen LogP contribution in [0.4, 0.5) is 11.4 Å². The van der Waals surface area contributed by atoms with Crippen LogP contribution in [-0.4, -0.2) is 51.7 Å². The van der Waals surface area contributed by atoms with Gasteiger partial charge in [-0.05, 0) is 19.1 Å². The lowest BCUT2D eigenvalue weighted by molar-refractivity contribution is 0.102. The second kappa shape index (κ2) is 6.48. The maximum absolute atomic E-state index is 12.8. The molecule has 0 bridgehead atoms. The summed E-state index contributed by atoms with van der Waals surface area (Å²) in [6.45, 7) is 5.51. The molecule has 0 saturated carbocycles. The Bertz CT molecular complexity index is 914. The third-order valence-corrected chi connectivity index (χ3v) is 4.23. The first-order chi connectivity index (χ1) is 12.2. The van der Waals surface area contributed by atoms with Gasteiger partial charge >= 0.3 is 0 Å². The number of anilines is 2. The number of hydrogen-bond donors (Lipinski definition) is 2. The molecule has 0 unspecified atom stereocenters. The van der Waals surface area contributed by atoms with E-state index in [0.29, 0.717) is 16.9 Å². The highest BCUT2D eigenvalue weighted by atomic mass is 16.1. The fraction of sp³-hybridized carbons (Fsp3) is 0.294. The number of rotatable bonds is 3. The van der Waals surface area contributed by atoms with Gasteiger partial charge in [-0.3, -0.25) is 9.78 Å². The van der Waals surface area contributed by atoms with E-state index in [4.69, 9.17) is 0 Å². The molecule has 0 aliphatic carbocycles. The van der Waals surface area contributed by atoms with E-state index in [1.54, 1.807) is 29.3 Å². The number of hydrogen-bond acceptors (Lipinski definition) is 6. The van der Waals surface area contributed by atoms with E-state index >= 15 is 0 Å². The van der Waals surface area contributed by atoms with Crippen LogP contribution in [0.25, 0.3) is 5.52 Å². The normalized spacial score (nSPS) is 14.7. The molecule has 8 heteroatoms. The number of pyridine rings is 1. The van der Waals surface area contributed by atoms with Crippen LogP contribution in [0.3, 0.4) is 0 Å². The molecular formula is C17H19N7O. The largest absolute Gasteiger partial charge is 0.367 e. The summed E-state index contributed by atoms with van der Waals surface area (Å²) in [5.74, 6) is -0.269. The minimum Gasteiger partial charge on any atom is -0.367 e. The van der Waals surface area contributed by atoms with E-state index < -0.39 is 0 Å². The van der Waals surface area contributed by atoms with Crippen molar-refractivity contribution in [2.24, 2.45) is 0 Å². The van der Waals surface area contributed by atoms with E-state index in [2.05, 4.69) is 30.6 Å². The third-order valence-electron chi connectivity index (χ3n) is 4.23. The summed E-state index contributed by atoms with van der Waals surface area (Å²) < 4.78 is 1.66. The van der Waals surface area contributed by atoms with Gasteiger partial charge in [-0.2, -0.15) is 5.10 Å². The van der Waals surface area contributed by atoms with Crippen molar-refractivity contribution in [3.05, 3.63) is 48.3 Å². The van der Waals surface area contributed by atoms with E-state index in [9.17, 15) is 4.79 Å². The molecule has 1 saturated heterocycles. The lowest BCUT2D eigenvalue weighted by Gasteiger charge is -2.30. The molecule has 0 atom stereocenters. The zero-order chi connectivity index (χ0) is 17.2. The highest BCUT2D eigenvalue weighted by Gasteiger charge is 2.18. The van der Waals surface area contributed by atoms with Gasteiger partial charge in [0.1, 0.15) is 0 Å². The molecule has 1 aliphatic heterocycles. The first kappa shape index (κ1) is 15.5. The molecular weight excluding hydrogens is 318 g/mol. The van der Waals surface area contributed by atoms with Crippen molar-refractivity contribution in [1.29, 1.82) is 0 Å². The van der Waals surface area contributed by atoms with Crippen LogP contribution in [-0.2, 0) is 0 Å². The minimum atomic E-state index is -0.269. The minimum absolute atomic E-state index is 0.269. The number of nitrogens with one attached hydrogen (secondary N) is 2. The maximum atomic E-state index is 12.8. The molecule has 3 aromatic rings. The maximum Gasteiger partial charge on any atom is 0.276 e. The van der Waals surface area contributed by atoms with E-state index in [0.717, 1.165) is 37.6 Å². The molecule has 0 radical (unpaired) electrons. The van der Waals surface area contributed by atoms with Gasteiger partial charge < -0.3 is 15.5 Å². The predicted octanol–water partition coefficient (Wildman–Crippen LogP) is 1.09. The average molecular weight is 337 g/mol. The van der Waals surface area contributed by atoms with Crippen LogP contribution in [0.1, 0.15) is 16.2 Å². The van der Waals surface area contributed by atoms with Gasteiger partial charge in [-0.1, -0.05) is 0 Å². The molecule has 1 aliphatic rings. The number of fused-ring (bicyclic) bond motifs is 1. The predicted molar refractivity (Wildman–Crippen MR) is 95.0 cm³/mol. The van der Waals surface area contributed by atoms with Crippen molar-refractivity contribution in [3.63, 3.8) is 0 Å². The molecule has 1 fully saturated rings. The van der Waals surface area contributed by atoms with Gasteiger partial charge in [0, 0.05) is 44.8 Å². The second-order valence-corrected chi connectivity index (χ2v) is 5.98. The van der Waals surface area contributed by atoms with Crippen LogP contribution < -0.4 is 15.5 Å². The number of amides is 1. The van der Waals surface area contributed by atoms with E-state index in [1.807, 2.05) is 19.1 Å².